The van der Waals surface area contributed by atoms with E-state index in [1.807, 2.05) is 12.1 Å². The zero-order chi connectivity index (χ0) is 12.8. The maximum atomic E-state index is 8.80. The first-order chi connectivity index (χ1) is 9.31. The van der Waals surface area contributed by atoms with E-state index in [2.05, 4.69) is 16.4 Å². The second-order valence-electron chi connectivity index (χ2n) is 6.64. The van der Waals surface area contributed by atoms with Gasteiger partial charge in [0.1, 0.15) is 11.9 Å². The second kappa shape index (κ2) is 4.23. The Morgan fingerprint density at radius 3 is 2.26 bits per heavy atom. The Balaban J connectivity index is 1.52. The number of anilines is 1. The van der Waals surface area contributed by atoms with Crippen molar-refractivity contribution in [2.45, 2.75) is 38.1 Å². The van der Waals surface area contributed by atoms with Crippen LogP contribution in [0.15, 0.2) is 18.3 Å². The van der Waals surface area contributed by atoms with E-state index in [1.165, 1.54) is 32.1 Å². The molecule has 4 aliphatic carbocycles. The Bertz CT molecular complexity index is 486. The summed E-state index contributed by atoms with van der Waals surface area (Å²) in [5.74, 6) is 4.67. The van der Waals surface area contributed by atoms with Crippen LogP contribution in [0, 0.1) is 35.0 Å². The molecule has 0 unspecified atom stereocenters. The van der Waals surface area contributed by atoms with E-state index in [0.717, 1.165) is 29.5 Å². The van der Waals surface area contributed by atoms with Crippen molar-refractivity contribution >= 4 is 5.82 Å². The standard InChI is InChI=1S/C16H19N3/c17-8-10-1-2-15(18-9-10)19-16-13-4-11-3-12(6-13)7-14(16)5-11/h1-2,9,11-14,16H,3-7H2,(H,18,19). The van der Waals surface area contributed by atoms with E-state index in [9.17, 15) is 0 Å². The van der Waals surface area contributed by atoms with Gasteiger partial charge in [0, 0.05) is 12.2 Å². The van der Waals surface area contributed by atoms with Crippen molar-refractivity contribution in [3.63, 3.8) is 0 Å². The number of nitrogens with zero attached hydrogens (tertiary/aromatic N) is 2. The van der Waals surface area contributed by atoms with E-state index in [1.54, 1.807) is 6.20 Å². The molecule has 0 aromatic carbocycles. The molecule has 3 nitrogen and oxygen atoms in total. The highest BCUT2D eigenvalue weighted by molar-refractivity contribution is 5.40. The Morgan fingerprint density at radius 1 is 1.05 bits per heavy atom. The fraction of sp³-hybridized carbons (Fsp3) is 0.625. The summed E-state index contributed by atoms with van der Waals surface area (Å²) in [5, 5.41) is 12.5. The minimum Gasteiger partial charge on any atom is -0.367 e. The highest BCUT2D eigenvalue weighted by Crippen LogP contribution is 2.54. The minimum absolute atomic E-state index is 0.619. The lowest BCUT2D eigenvalue weighted by Crippen LogP contribution is -2.51. The summed E-state index contributed by atoms with van der Waals surface area (Å²) in [7, 11) is 0. The van der Waals surface area contributed by atoms with Crippen molar-refractivity contribution in [1.29, 1.82) is 5.26 Å². The molecule has 0 amide bonds. The molecule has 4 bridgehead atoms. The molecule has 1 heterocycles. The molecule has 1 aromatic rings. The number of nitriles is 1. The number of pyridine rings is 1. The molecule has 5 rings (SSSR count). The summed E-state index contributed by atoms with van der Waals surface area (Å²) < 4.78 is 0. The Labute approximate surface area is 114 Å². The largest absolute Gasteiger partial charge is 0.367 e. The molecule has 0 spiro atoms. The highest BCUT2D eigenvalue weighted by atomic mass is 15.0. The fourth-order valence-corrected chi connectivity index (χ4v) is 4.88. The van der Waals surface area contributed by atoms with Gasteiger partial charge < -0.3 is 5.32 Å². The summed E-state index contributed by atoms with van der Waals surface area (Å²) in [6.07, 6.45) is 8.83. The lowest BCUT2D eigenvalue weighted by Gasteiger charge is -2.54. The summed E-state index contributed by atoms with van der Waals surface area (Å²) in [4.78, 5) is 4.37. The minimum atomic E-state index is 0.619. The molecule has 19 heavy (non-hydrogen) atoms. The van der Waals surface area contributed by atoms with Gasteiger partial charge in [-0.2, -0.15) is 5.26 Å². The molecule has 3 heteroatoms. The zero-order valence-corrected chi connectivity index (χ0v) is 11.0. The maximum absolute atomic E-state index is 8.80. The predicted molar refractivity (Wildman–Crippen MR) is 73.4 cm³/mol. The Hall–Kier alpha value is -1.56. The van der Waals surface area contributed by atoms with Crippen molar-refractivity contribution in [2.24, 2.45) is 23.7 Å². The van der Waals surface area contributed by atoms with Crippen molar-refractivity contribution in [1.82, 2.24) is 4.98 Å². The van der Waals surface area contributed by atoms with E-state index >= 15 is 0 Å². The Kier molecular flexibility index (Phi) is 2.51. The van der Waals surface area contributed by atoms with Crippen LogP contribution in [0.1, 0.15) is 37.7 Å². The maximum Gasteiger partial charge on any atom is 0.126 e. The van der Waals surface area contributed by atoms with E-state index < -0.39 is 0 Å². The molecular weight excluding hydrogens is 234 g/mol. The van der Waals surface area contributed by atoms with Gasteiger partial charge in [-0.3, -0.25) is 0 Å². The summed E-state index contributed by atoms with van der Waals surface area (Å²) in [6, 6.07) is 6.54. The van der Waals surface area contributed by atoms with Crippen LogP contribution in [0.25, 0.3) is 0 Å². The van der Waals surface area contributed by atoms with Gasteiger partial charge in [-0.25, -0.2) is 4.98 Å². The van der Waals surface area contributed by atoms with Crippen LogP contribution < -0.4 is 5.32 Å². The second-order valence-corrected chi connectivity index (χ2v) is 6.64. The summed E-state index contributed by atoms with van der Waals surface area (Å²) >= 11 is 0. The lowest BCUT2D eigenvalue weighted by atomic mass is 9.54. The molecule has 0 aliphatic heterocycles. The van der Waals surface area contributed by atoms with Gasteiger partial charge in [-0.1, -0.05) is 0 Å². The number of nitrogens with one attached hydrogen (secondary N) is 1. The van der Waals surface area contributed by atoms with Gasteiger partial charge in [-0.05, 0) is 67.9 Å². The topological polar surface area (TPSA) is 48.7 Å². The lowest BCUT2D eigenvalue weighted by molar-refractivity contribution is 0.00742. The summed E-state index contributed by atoms with van der Waals surface area (Å²) in [5.41, 5.74) is 0.635. The fourth-order valence-electron chi connectivity index (χ4n) is 4.88. The molecule has 4 fully saturated rings. The first-order valence-electron chi connectivity index (χ1n) is 7.44. The first-order valence-corrected chi connectivity index (χ1v) is 7.44. The van der Waals surface area contributed by atoms with Gasteiger partial charge in [-0.15, -0.1) is 0 Å². The zero-order valence-electron chi connectivity index (χ0n) is 11.0. The number of rotatable bonds is 2. The van der Waals surface area contributed by atoms with Crippen molar-refractivity contribution in [2.75, 3.05) is 5.32 Å². The van der Waals surface area contributed by atoms with Crippen LogP contribution in [0.5, 0.6) is 0 Å². The van der Waals surface area contributed by atoms with Gasteiger partial charge in [0.2, 0.25) is 0 Å². The van der Waals surface area contributed by atoms with Gasteiger partial charge in [0.15, 0.2) is 0 Å². The predicted octanol–water partition coefficient (Wildman–Crippen LogP) is 3.19. The van der Waals surface area contributed by atoms with Crippen LogP contribution in [0.4, 0.5) is 5.82 Å². The third-order valence-electron chi connectivity index (χ3n) is 5.43. The average molecular weight is 253 g/mol. The first kappa shape index (κ1) is 11.3. The van der Waals surface area contributed by atoms with E-state index in [-0.39, 0.29) is 0 Å². The van der Waals surface area contributed by atoms with Crippen molar-refractivity contribution in [3.05, 3.63) is 23.9 Å². The van der Waals surface area contributed by atoms with Crippen LogP contribution in [-0.2, 0) is 0 Å². The van der Waals surface area contributed by atoms with E-state index in [4.69, 9.17) is 5.26 Å². The normalized spacial score (nSPS) is 39.0. The van der Waals surface area contributed by atoms with Crippen LogP contribution >= 0.6 is 0 Å². The van der Waals surface area contributed by atoms with Crippen molar-refractivity contribution < 1.29 is 0 Å². The molecular formula is C16H19N3. The van der Waals surface area contributed by atoms with E-state index in [0.29, 0.717) is 11.6 Å². The number of hydrogen-bond acceptors (Lipinski definition) is 3. The molecule has 4 aliphatic rings. The highest BCUT2D eigenvalue weighted by Gasteiger charge is 2.48. The van der Waals surface area contributed by atoms with Crippen LogP contribution in [0.3, 0.4) is 0 Å². The Morgan fingerprint density at radius 2 is 1.74 bits per heavy atom. The third-order valence-corrected chi connectivity index (χ3v) is 5.43. The quantitative estimate of drug-likeness (QED) is 0.880. The molecule has 0 radical (unpaired) electrons. The molecule has 0 atom stereocenters. The molecule has 98 valence electrons. The smallest absolute Gasteiger partial charge is 0.126 e. The van der Waals surface area contributed by atoms with Gasteiger partial charge in [0.25, 0.3) is 0 Å². The number of hydrogen-bond donors (Lipinski definition) is 1. The number of aromatic nitrogens is 1. The van der Waals surface area contributed by atoms with Crippen molar-refractivity contribution in [3.8, 4) is 6.07 Å². The van der Waals surface area contributed by atoms with Crippen LogP contribution in [0.2, 0.25) is 0 Å². The molecule has 1 N–H and O–H groups in total. The van der Waals surface area contributed by atoms with Gasteiger partial charge >= 0.3 is 0 Å². The van der Waals surface area contributed by atoms with Gasteiger partial charge in [0.05, 0.1) is 5.56 Å². The molecule has 4 saturated carbocycles. The SMILES string of the molecule is N#Cc1ccc(NC2C3CC4CC(C3)CC2C4)nc1. The molecule has 1 aromatic heterocycles. The van der Waals surface area contributed by atoms with Crippen LogP contribution in [-0.4, -0.2) is 11.0 Å². The monoisotopic (exact) mass is 253 g/mol. The third kappa shape index (κ3) is 1.90. The average Bonchev–Trinajstić information content (AvgIpc) is 2.43. The molecule has 0 saturated heterocycles. The summed E-state index contributed by atoms with van der Waals surface area (Å²) in [6.45, 7) is 0.